The third kappa shape index (κ3) is 1.46. The molecular formula is C8H13BrO2. The van der Waals surface area contributed by atoms with Crippen LogP contribution in [0.5, 0.6) is 0 Å². The minimum absolute atomic E-state index is 0.122. The van der Waals surface area contributed by atoms with Gasteiger partial charge in [-0.2, -0.15) is 0 Å². The van der Waals surface area contributed by atoms with Gasteiger partial charge >= 0.3 is 0 Å². The van der Waals surface area contributed by atoms with E-state index < -0.39 is 0 Å². The highest BCUT2D eigenvalue weighted by molar-refractivity contribution is 9.09. The molecule has 64 valence electrons. The molecule has 1 spiro atoms. The first-order chi connectivity index (χ1) is 5.35. The van der Waals surface area contributed by atoms with E-state index in [0.717, 1.165) is 18.5 Å². The van der Waals surface area contributed by atoms with Gasteiger partial charge in [0.15, 0.2) is 0 Å². The van der Waals surface area contributed by atoms with Crippen molar-refractivity contribution in [1.29, 1.82) is 0 Å². The van der Waals surface area contributed by atoms with Crippen LogP contribution in [0.4, 0.5) is 0 Å². The molecule has 0 N–H and O–H groups in total. The molecule has 0 bridgehead atoms. The molecule has 2 rings (SSSR count). The number of alkyl halides is 1. The topological polar surface area (TPSA) is 18.5 Å². The Morgan fingerprint density at radius 3 is 2.82 bits per heavy atom. The molecule has 0 aromatic carbocycles. The van der Waals surface area contributed by atoms with Crippen molar-refractivity contribution in [2.24, 2.45) is 0 Å². The molecule has 0 aromatic heterocycles. The fourth-order valence-electron chi connectivity index (χ4n) is 1.71. The molecule has 1 saturated heterocycles. The maximum Gasteiger partial charge on any atom is 0.0920 e. The Labute approximate surface area is 75.4 Å². The lowest BCUT2D eigenvalue weighted by Gasteiger charge is -2.46. The summed E-state index contributed by atoms with van der Waals surface area (Å²) in [4.78, 5) is 0. The maximum absolute atomic E-state index is 5.89. The number of hydrogen-bond acceptors (Lipinski definition) is 2. The molecule has 1 heterocycles. The van der Waals surface area contributed by atoms with Crippen LogP contribution in [0.1, 0.15) is 19.3 Å². The Morgan fingerprint density at radius 2 is 2.27 bits per heavy atom. The van der Waals surface area contributed by atoms with Crippen LogP contribution in [0.25, 0.3) is 0 Å². The van der Waals surface area contributed by atoms with E-state index in [1.807, 2.05) is 0 Å². The zero-order valence-electron chi connectivity index (χ0n) is 6.51. The standard InChI is InChI=1S/C8H13BrO2/c9-4-7-5-10-6-8(11-7)2-1-3-8/h7H,1-6H2. The summed E-state index contributed by atoms with van der Waals surface area (Å²) in [6, 6.07) is 0. The smallest absolute Gasteiger partial charge is 0.0920 e. The number of rotatable bonds is 1. The van der Waals surface area contributed by atoms with Crippen molar-refractivity contribution in [3.05, 3.63) is 0 Å². The molecule has 1 unspecified atom stereocenters. The van der Waals surface area contributed by atoms with Crippen molar-refractivity contribution in [2.45, 2.75) is 31.0 Å². The Morgan fingerprint density at radius 1 is 1.45 bits per heavy atom. The van der Waals surface area contributed by atoms with Gasteiger partial charge in [-0.1, -0.05) is 15.9 Å². The molecular weight excluding hydrogens is 208 g/mol. The highest BCUT2D eigenvalue weighted by Gasteiger charge is 2.42. The normalized spacial score (nSPS) is 35.2. The van der Waals surface area contributed by atoms with Gasteiger partial charge in [0.1, 0.15) is 0 Å². The van der Waals surface area contributed by atoms with Gasteiger partial charge in [0.25, 0.3) is 0 Å². The Hall–Kier alpha value is 0.400. The van der Waals surface area contributed by atoms with Crippen molar-refractivity contribution in [3.8, 4) is 0 Å². The molecule has 0 radical (unpaired) electrons. The van der Waals surface area contributed by atoms with Gasteiger partial charge in [0.05, 0.1) is 24.9 Å². The van der Waals surface area contributed by atoms with Gasteiger partial charge in [-0.3, -0.25) is 0 Å². The Bertz CT molecular complexity index is 145. The Balaban J connectivity index is 1.92. The zero-order valence-corrected chi connectivity index (χ0v) is 8.10. The SMILES string of the molecule is BrCC1COCC2(CCC2)O1. The van der Waals surface area contributed by atoms with Crippen LogP contribution in [-0.4, -0.2) is 30.2 Å². The van der Waals surface area contributed by atoms with Crippen molar-refractivity contribution >= 4 is 15.9 Å². The summed E-state index contributed by atoms with van der Waals surface area (Å²) >= 11 is 3.41. The molecule has 1 aliphatic heterocycles. The molecule has 2 fully saturated rings. The van der Waals surface area contributed by atoms with Crippen LogP contribution in [0.15, 0.2) is 0 Å². The highest BCUT2D eigenvalue weighted by atomic mass is 79.9. The van der Waals surface area contributed by atoms with Crippen LogP contribution in [0.3, 0.4) is 0 Å². The lowest BCUT2D eigenvalue weighted by Crippen LogP contribution is -2.52. The van der Waals surface area contributed by atoms with E-state index in [-0.39, 0.29) is 11.7 Å². The second kappa shape index (κ2) is 3.04. The molecule has 2 aliphatic rings. The minimum atomic E-state index is 0.122. The molecule has 1 atom stereocenters. The third-order valence-electron chi connectivity index (χ3n) is 2.52. The third-order valence-corrected chi connectivity index (χ3v) is 3.24. The predicted octanol–water partition coefficient (Wildman–Crippen LogP) is 1.72. The monoisotopic (exact) mass is 220 g/mol. The van der Waals surface area contributed by atoms with Crippen LogP contribution in [-0.2, 0) is 9.47 Å². The van der Waals surface area contributed by atoms with E-state index in [9.17, 15) is 0 Å². The van der Waals surface area contributed by atoms with Gasteiger partial charge in [-0.25, -0.2) is 0 Å². The molecule has 1 saturated carbocycles. The molecule has 0 amide bonds. The van der Waals surface area contributed by atoms with E-state index in [4.69, 9.17) is 9.47 Å². The van der Waals surface area contributed by atoms with E-state index in [2.05, 4.69) is 15.9 Å². The van der Waals surface area contributed by atoms with E-state index in [1.165, 1.54) is 19.3 Å². The van der Waals surface area contributed by atoms with E-state index in [1.54, 1.807) is 0 Å². The van der Waals surface area contributed by atoms with Gasteiger partial charge < -0.3 is 9.47 Å². The minimum Gasteiger partial charge on any atom is -0.376 e. The average molecular weight is 221 g/mol. The Kier molecular flexibility index (Phi) is 2.21. The first kappa shape index (κ1) is 8.02. The van der Waals surface area contributed by atoms with Gasteiger partial charge in [0, 0.05) is 5.33 Å². The largest absolute Gasteiger partial charge is 0.376 e. The van der Waals surface area contributed by atoms with Crippen LogP contribution in [0, 0.1) is 0 Å². The van der Waals surface area contributed by atoms with Crippen molar-refractivity contribution in [2.75, 3.05) is 18.5 Å². The van der Waals surface area contributed by atoms with Crippen molar-refractivity contribution in [3.63, 3.8) is 0 Å². The zero-order chi connectivity index (χ0) is 7.73. The molecule has 3 heteroatoms. The lowest BCUT2D eigenvalue weighted by atomic mass is 9.80. The molecule has 0 aromatic rings. The first-order valence-corrected chi connectivity index (χ1v) is 5.28. The average Bonchev–Trinajstić information content (AvgIpc) is 2.02. The van der Waals surface area contributed by atoms with Gasteiger partial charge in [-0.15, -0.1) is 0 Å². The van der Waals surface area contributed by atoms with Crippen LogP contribution >= 0.6 is 15.9 Å². The quantitative estimate of drug-likeness (QED) is 0.627. The number of ether oxygens (including phenoxy) is 2. The molecule has 1 aliphatic carbocycles. The van der Waals surface area contributed by atoms with Crippen LogP contribution in [0.2, 0.25) is 0 Å². The summed E-state index contributed by atoms with van der Waals surface area (Å²) in [5.74, 6) is 0. The predicted molar refractivity (Wildman–Crippen MR) is 46.1 cm³/mol. The fraction of sp³-hybridized carbons (Fsp3) is 1.00. The molecule has 11 heavy (non-hydrogen) atoms. The summed E-state index contributed by atoms with van der Waals surface area (Å²) < 4.78 is 11.4. The van der Waals surface area contributed by atoms with Crippen molar-refractivity contribution < 1.29 is 9.47 Å². The van der Waals surface area contributed by atoms with E-state index in [0.29, 0.717) is 0 Å². The molecule has 2 nitrogen and oxygen atoms in total. The highest BCUT2D eigenvalue weighted by Crippen LogP contribution is 2.39. The summed E-state index contributed by atoms with van der Waals surface area (Å²) in [5.41, 5.74) is 0.122. The maximum atomic E-state index is 5.89. The lowest BCUT2D eigenvalue weighted by molar-refractivity contribution is -0.221. The van der Waals surface area contributed by atoms with Gasteiger partial charge in [-0.05, 0) is 19.3 Å². The van der Waals surface area contributed by atoms with Crippen LogP contribution < -0.4 is 0 Å². The van der Waals surface area contributed by atoms with Gasteiger partial charge in [0.2, 0.25) is 0 Å². The van der Waals surface area contributed by atoms with Crippen molar-refractivity contribution in [1.82, 2.24) is 0 Å². The summed E-state index contributed by atoms with van der Waals surface area (Å²) in [6.07, 6.45) is 3.97. The number of hydrogen-bond donors (Lipinski definition) is 0. The fourth-order valence-corrected chi connectivity index (χ4v) is 2.03. The summed E-state index contributed by atoms with van der Waals surface area (Å²) in [5, 5.41) is 0.898. The first-order valence-electron chi connectivity index (χ1n) is 4.16. The second-order valence-corrected chi connectivity index (χ2v) is 4.09. The number of halogens is 1. The summed E-state index contributed by atoms with van der Waals surface area (Å²) in [6.45, 7) is 1.57. The second-order valence-electron chi connectivity index (χ2n) is 3.45. The van der Waals surface area contributed by atoms with E-state index >= 15 is 0 Å². The summed E-state index contributed by atoms with van der Waals surface area (Å²) in [7, 11) is 0.